The molecule has 0 spiro atoms. The summed E-state index contributed by atoms with van der Waals surface area (Å²) in [6.45, 7) is 6.85. The maximum atomic E-state index is 13.9. The Labute approximate surface area is 300 Å². The van der Waals surface area contributed by atoms with E-state index in [9.17, 15) is 14.0 Å². The summed E-state index contributed by atoms with van der Waals surface area (Å²) in [5, 5.41) is 0. The maximum absolute atomic E-state index is 13.9. The quantitative estimate of drug-likeness (QED) is 0.151. The molecule has 0 aromatic heterocycles. The number of ether oxygens (including phenoxy) is 3. The van der Waals surface area contributed by atoms with Crippen molar-refractivity contribution < 1.29 is 45.1 Å². The van der Waals surface area contributed by atoms with E-state index < -0.39 is 36.1 Å². The SMILES string of the molecule is CC(=O)O[C@H](CCc1ccccc1)[C@H]1OC(=O)N(c2ccc(F)cc2)[C@@H]1c1ccc(OCc2ccc(C[N+]34CCC(CC3)CC4)cc2)cc1.[Cl-]. The van der Waals surface area contributed by atoms with Crippen molar-refractivity contribution in [3.8, 4) is 5.75 Å². The summed E-state index contributed by atoms with van der Waals surface area (Å²) in [5.74, 6) is 0.791. The van der Waals surface area contributed by atoms with Crippen LogP contribution < -0.4 is 22.0 Å². The zero-order valence-electron chi connectivity index (χ0n) is 28.4. The average Bonchev–Trinajstić information content (AvgIpc) is 3.48. The smallest absolute Gasteiger partial charge is 0.415 e. The Morgan fingerprint density at radius 3 is 2.14 bits per heavy atom. The molecule has 7 nitrogen and oxygen atoms in total. The predicted octanol–water partition coefficient (Wildman–Crippen LogP) is 5.17. The Balaban J connectivity index is 0.00000432. The Morgan fingerprint density at radius 2 is 1.50 bits per heavy atom. The number of quaternary nitrogens is 1. The summed E-state index contributed by atoms with van der Waals surface area (Å²) in [6.07, 6.45) is 3.12. The van der Waals surface area contributed by atoms with Crippen LogP contribution in [0.5, 0.6) is 5.75 Å². The molecule has 2 bridgehead atoms. The third kappa shape index (κ3) is 8.14. The van der Waals surface area contributed by atoms with Crippen LogP contribution in [0.2, 0.25) is 0 Å². The van der Waals surface area contributed by atoms with Crippen molar-refractivity contribution in [3.63, 3.8) is 0 Å². The Morgan fingerprint density at radius 1 is 0.860 bits per heavy atom. The molecule has 0 unspecified atom stereocenters. The molecule has 0 radical (unpaired) electrons. The molecule has 3 atom stereocenters. The Kier molecular flexibility index (Phi) is 11.1. The van der Waals surface area contributed by atoms with E-state index in [1.807, 2.05) is 54.6 Å². The highest BCUT2D eigenvalue weighted by molar-refractivity contribution is 5.91. The van der Waals surface area contributed by atoms with Gasteiger partial charge < -0.3 is 31.1 Å². The summed E-state index contributed by atoms with van der Waals surface area (Å²) in [6, 6.07) is 31.4. The van der Waals surface area contributed by atoms with Gasteiger partial charge in [-0.05, 0) is 91.1 Å². The van der Waals surface area contributed by atoms with E-state index in [4.69, 9.17) is 14.2 Å². The summed E-state index contributed by atoms with van der Waals surface area (Å²) < 4.78 is 33.1. The van der Waals surface area contributed by atoms with E-state index in [1.165, 1.54) is 72.9 Å². The number of benzene rings is 4. The summed E-state index contributed by atoms with van der Waals surface area (Å²) in [5.41, 5.74) is 4.84. The maximum Gasteiger partial charge on any atom is 0.415 e. The van der Waals surface area contributed by atoms with Gasteiger partial charge in [0.25, 0.3) is 0 Å². The summed E-state index contributed by atoms with van der Waals surface area (Å²) in [7, 11) is 0. The molecular formula is C41H44ClFN2O5. The van der Waals surface area contributed by atoms with Crippen molar-refractivity contribution in [2.75, 3.05) is 24.5 Å². The summed E-state index contributed by atoms with van der Waals surface area (Å²) in [4.78, 5) is 27.2. The molecule has 4 aliphatic rings. The van der Waals surface area contributed by atoms with Crippen LogP contribution in [0.3, 0.4) is 0 Å². The van der Waals surface area contributed by atoms with Gasteiger partial charge in [0.15, 0.2) is 6.10 Å². The molecule has 4 saturated heterocycles. The second kappa shape index (κ2) is 15.7. The number of fused-ring (bicyclic) bond motifs is 3. The molecule has 0 saturated carbocycles. The van der Waals surface area contributed by atoms with Crippen molar-refractivity contribution >= 4 is 17.7 Å². The second-order valence-electron chi connectivity index (χ2n) is 13.9. The number of carbonyl (C=O) groups excluding carboxylic acids is 2. The van der Waals surface area contributed by atoms with Crippen LogP contribution in [0, 0.1) is 11.7 Å². The molecule has 4 fully saturated rings. The molecule has 50 heavy (non-hydrogen) atoms. The highest BCUT2D eigenvalue weighted by atomic mass is 35.5. The van der Waals surface area contributed by atoms with Crippen LogP contribution in [-0.2, 0) is 33.8 Å². The first kappa shape index (κ1) is 35.4. The molecule has 4 aliphatic heterocycles. The highest BCUT2D eigenvalue weighted by Crippen LogP contribution is 2.41. The lowest BCUT2D eigenvalue weighted by Crippen LogP contribution is -3.00. The number of anilines is 1. The molecule has 9 heteroatoms. The number of piperidine rings is 3. The zero-order valence-corrected chi connectivity index (χ0v) is 29.1. The number of rotatable bonds is 12. The molecule has 1 amide bonds. The minimum Gasteiger partial charge on any atom is -1.00 e. The van der Waals surface area contributed by atoms with Crippen molar-refractivity contribution in [3.05, 3.63) is 131 Å². The van der Waals surface area contributed by atoms with Crippen molar-refractivity contribution in [2.24, 2.45) is 5.92 Å². The van der Waals surface area contributed by atoms with Crippen LogP contribution in [0.25, 0.3) is 0 Å². The number of halogens is 2. The third-order valence-electron chi connectivity index (χ3n) is 10.6. The van der Waals surface area contributed by atoms with Crippen LogP contribution in [0.1, 0.15) is 60.9 Å². The van der Waals surface area contributed by atoms with Gasteiger partial charge in [-0.1, -0.05) is 66.7 Å². The number of nitrogens with zero attached hydrogens (tertiary/aromatic N) is 2. The van der Waals surface area contributed by atoms with E-state index in [0.29, 0.717) is 30.9 Å². The van der Waals surface area contributed by atoms with Crippen LogP contribution in [0.15, 0.2) is 103 Å². The monoisotopic (exact) mass is 698 g/mol. The topological polar surface area (TPSA) is 65.1 Å². The standard InChI is InChI=1S/C41H44FN2O5.ClH/c1-29(45)48-38(20-11-30-5-3-2-4-6-30)40-39(43(41(46)49-40)36-16-14-35(42)15-17-36)34-12-18-37(19-13-34)47-28-33-9-7-32(8-10-33)27-44-24-21-31(22-25-44)23-26-44;/h2-10,12-19,31,38-40H,11,20-28H2,1H3;1H/q+1;/p-1/t31?,38-,39-,40-,44?;/m1./s1. The van der Waals surface area contributed by atoms with E-state index in [-0.39, 0.29) is 12.4 Å². The van der Waals surface area contributed by atoms with Gasteiger partial charge in [0.05, 0.1) is 19.6 Å². The first-order valence-corrected chi connectivity index (χ1v) is 17.5. The minimum absolute atomic E-state index is 0. The number of esters is 1. The molecule has 262 valence electrons. The molecule has 0 aliphatic carbocycles. The third-order valence-corrected chi connectivity index (χ3v) is 10.6. The van der Waals surface area contributed by atoms with Gasteiger partial charge in [0.2, 0.25) is 0 Å². The molecule has 4 aromatic rings. The van der Waals surface area contributed by atoms with Gasteiger partial charge in [-0.2, -0.15) is 0 Å². The van der Waals surface area contributed by atoms with Crippen molar-refractivity contribution in [1.82, 2.24) is 0 Å². The fourth-order valence-corrected chi connectivity index (χ4v) is 7.87. The van der Waals surface area contributed by atoms with Gasteiger partial charge in [0.1, 0.15) is 36.9 Å². The van der Waals surface area contributed by atoms with Crippen LogP contribution >= 0.6 is 0 Å². The van der Waals surface area contributed by atoms with Crippen LogP contribution in [0.4, 0.5) is 14.9 Å². The normalized spacial score (nSPS) is 23.1. The Bertz CT molecular complexity index is 1710. The van der Waals surface area contributed by atoms with Gasteiger partial charge in [-0.15, -0.1) is 0 Å². The molecule has 4 heterocycles. The van der Waals surface area contributed by atoms with Gasteiger partial charge in [-0.3, -0.25) is 9.69 Å². The lowest BCUT2D eigenvalue weighted by Gasteiger charge is -2.49. The largest absolute Gasteiger partial charge is 1.00 e. The first-order valence-electron chi connectivity index (χ1n) is 17.5. The summed E-state index contributed by atoms with van der Waals surface area (Å²) >= 11 is 0. The average molecular weight is 699 g/mol. The molecule has 0 N–H and O–H groups in total. The van der Waals surface area contributed by atoms with E-state index >= 15 is 0 Å². The predicted molar refractivity (Wildman–Crippen MR) is 185 cm³/mol. The number of aryl methyl sites for hydroxylation is 1. The minimum atomic E-state index is -0.794. The molecular weight excluding hydrogens is 655 g/mol. The van der Waals surface area contributed by atoms with E-state index in [1.54, 1.807) is 12.1 Å². The van der Waals surface area contributed by atoms with Crippen molar-refractivity contribution in [2.45, 2.75) is 70.4 Å². The lowest BCUT2D eigenvalue weighted by molar-refractivity contribution is -0.955. The highest BCUT2D eigenvalue weighted by Gasteiger charge is 2.48. The van der Waals surface area contributed by atoms with E-state index in [2.05, 4.69) is 24.3 Å². The van der Waals surface area contributed by atoms with Gasteiger partial charge in [-0.25, -0.2) is 9.18 Å². The van der Waals surface area contributed by atoms with Crippen molar-refractivity contribution in [1.29, 1.82) is 0 Å². The number of amides is 1. The first-order chi connectivity index (χ1) is 23.8. The molecule has 4 aromatic carbocycles. The Hall–Kier alpha value is -4.40. The molecule has 8 rings (SSSR count). The number of cyclic esters (lactones) is 1. The van der Waals surface area contributed by atoms with Crippen LogP contribution in [-0.4, -0.2) is 48.4 Å². The second-order valence-corrected chi connectivity index (χ2v) is 13.9. The number of hydrogen-bond donors (Lipinski definition) is 0. The number of hydrogen-bond acceptors (Lipinski definition) is 5. The fraction of sp³-hybridized carbons (Fsp3) is 0.366. The van der Waals surface area contributed by atoms with Gasteiger partial charge in [0, 0.05) is 18.2 Å². The van der Waals surface area contributed by atoms with Gasteiger partial charge >= 0.3 is 12.1 Å². The van der Waals surface area contributed by atoms with E-state index in [0.717, 1.165) is 29.2 Å². The lowest BCUT2D eigenvalue weighted by atomic mass is 9.85. The zero-order chi connectivity index (χ0) is 33.8. The fourth-order valence-electron chi connectivity index (χ4n) is 7.87. The number of carbonyl (C=O) groups is 2.